The summed E-state index contributed by atoms with van der Waals surface area (Å²) in [6.07, 6.45) is 4.16. The van der Waals surface area contributed by atoms with Crippen LogP contribution in [0, 0.1) is 17.2 Å². The number of rotatable bonds is 5. The van der Waals surface area contributed by atoms with E-state index >= 15 is 0 Å². The number of piperidine rings is 1. The first-order valence-electron chi connectivity index (χ1n) is 12.0. The Hall–Kier alpha value is -4.12. The minimum Gasteiger partial charge on any atom is -0.457 e. The molecule has 2 aromatic carbocycles. The zero-order chi connectivity index (χ0) is 24.4. The molecule has 3 heterocycles. The Bertz CT molecular complexity index is 1330. The second kappa shape index (κ2) is 9.63. The Morgan fingerprint density at radius 3 is 2.69 bits per heavy atom. The maximum absolute atomic E-state index is 13.4. The fourth-order valence-electron chi connectivity index (χ4n) is 5.10. The largest absolute Gasteiger partial charge is 0.457 e. The highest BCUT2D eigenvalue weighted by Gasteiger charge is 2.41. The highest BCUT2D eigenvalue weighted by molar-refractivity contribution is 5.98. The van der Waals surface area contributed by atoms with Crippen LogP contribution in [0.15, 0.2) is 59.4 Å². The summed E-state index contributed by atoms with van der Waals surface area (Å²) in [5.41, 5.74) is 0.595. The van der Waals surface area contributed by atoms with E-state index in [4.69, 9.17) is 4.74 Å². The number of ether oxygens (including phenoxy) is 1. The molecule has 2 aliphatic rings. The zero-order valence-electron chi connectivity index (χ0n) is 19.5. The van der Waals surface area contributed by atoms with E-state index in [-0.39, 0.29) is 11.4 Å². The van der Waals surface area contributed by atoms with Crippen LogP contribution in [0.1, 0.15) is 49.7 Å². The molecule has 8 nitrogen and oxygen atoms in total. The lowest BCUT2D eigenvalue weighted by Gasteiger charge is -2.36. The van der Waals surface area contributed by atoms with Crippen molar-refractivity contribution in [2.45, 2.75) is 44.6 Å². The van der Waals surface area contributed by atoms with E-state index in [1.54, 1.807) is 24.3 Å². The lowest BCUT2D eigenvalue weighted by molar-refractivity contribution is -0.119. The molecular weight excluding hydrogens is 442 g/mol. The number of nitrogens with one attached hydrogen (secondary N) is 2. The van der Waals surface area contributed by atoms with Gasteiger partial charge in [0, 0.05) is 18.5 Å². The Kier molecular flexibility index (Phi) is 6.23. The van der Waals surface area contributed by atoms with Gasteiger partial charge in [-0.3, -0.25) is 14.6 Å². The molecule has 3 atom stereocenters. The number of para-hydroxylation sites is 1. The molecule has 0 spiro atoms. The van der Waals surface area contributed by atoms with Crippen molar-refractivity contribution < 1.29 is 9.53 Å². The van der Waals surface area contributed by atoms with E-state index in [1.165, 1.54) is 0 Å². The van der Waals surface area contributed by atoms with Crippen molar-refractivity contribution in [1.82, 2.24) is 9.97 Å². The maximum Gasteiger partial charge on any atom is 0.258 e. The molecule has 1 amide bonds. The first-order valence-corrected chi connectivity index (χ1v) is 12.0. The zero-order valence-corrected chi connectivity index (χ0v) is 19.5. The van der Waals surface area contributed by atoms with Crippen molar-refractivity contribution in [3.8, 4) is 17.6 Å². The van der Waals surface area contributed by atoms with Crippen LogP contribution >= 0.6 is 0 Å². The molecule has 2 aliphatic heterocycles. The van der Waals surface area contributed by atoms with Gasteiger partial charge >= 0.3 is 0 Å². The average Bonchev–Trinajstić information content (AvgIpc) is 2.88. The normalized spacial score (nSPS) is 21.5. The molecule has 3 aromatic rings. The summed E-state index contributed by atoms with van der Waals surface area (Å²) in [6, 6.07) is 18.9. The average molecular weight is 470 g/mol. The van der Waals surface area contributed by atoms with E-state index in [2.05, 4.69) is 33.2 Å². The van der Waals surface area contributed by atoms with Crippen LogP contribution in [0.5, 0.6) is 11.5 Å². The Balaban J connectivity index is 1.56. The minimum atomic E-state index is -1.07. The number of anilines is 2. The number of benzene rings is 2. The van der Waals surface area contributed by atoms with E-state index in [9.17, 15) is 14.9 Å². The van der Waals surface area contributed by atoms with Gasteiger partial charge in [0.25, 0.3) is 5.56 Å². The second-order valence-corrected chi connectivity index (χ2v) is 8.96. The van der Waals surface area contributed by atoms with Crippen LogP contribution in [0.2, 0.25) is 0 Å². The van der Waals surface area contributed by atoms with Crippen LogP contribution in [0.3, 0.4) is 0 Å². The summed E-state index contributed by atoms with van der Waals surface area (Å²) in [7, 11) is 0. The first kappa shape index (κ1) is 22.7. The fraction of sp³-hybridized carbons (Fsp3) is 0.333. The van der Waals surface area contributed by atoms with E-state index in [1.807, 2.05) is 30.3 Å². The van der Waals surface area contributed by atoms with Gasteiger partial charge in [-0.25, -0.2) is 0 Å². The summed E-state index contributed by atoms with van der Waals surface area (Å²) in [5, 5.41) is 12.6. The van der Waals surface area contributed by atoms with Crippen LogP contribution in [0.25, 0.3) is 0 Å². The number of H-pyrrole nitrogens is 1. The summed E-state index contributed by atoms with van der Waals surface area (Å²) < 4.78 is 5.95. The van der Waals surface area contributed by atoms with Crippen molar-refractivity contribution in [1.29, 1.82) is 5.26 Å². The molecule has 8 heteroatoms. The topological polar surface area (TPSA) is 111 Å². The number of carbonyl (C=O) groups is 1. The molecule has 5 rings (SSSR count). The number of hydrogen-bond acceptors (Lipinski definition) is 6. The van der Waals surface area contributed by atoms with Crippen molar-refractivity contribution in [3.63, 3.8) is 0 Å². The molecule has 0 saturated carbocycles. The molecule has 1 aromatic heterocycles. The number of aromatic amines is 1. The Morgan fingerprint density at radius 1 is 1.11 bits per heavy atom. The van der Waals surface area contributed by atoms with Crippen molar-refractivity contribution in [3.05, 3.63) is 76.1 Å². The van der Waals surface area contributed by atoms with Gasteiger partial charge < -0.3 is 15.0 Å². The quantitative estimate of drug-likeness (QED) is 0.567. The summed E-state index contributed by atoms with van der Waals surface area (Å²) >= 11 is 0. The number of amides is 1. The van der Waals surface area contributed by atoms with Crippen molar-refractivity contribution in [2.75, 3.05) is 16.8 Å². The standard InChI is InChI=1S/C27H27N5O3/c1-2-18-10-6-7-14-32(18)27-30-24-23(26(34)31-27)22(21(16-28)25(33)29-24)17-9-8-13-20(15-17)35-19-11-4-3-5-12-19/h3-5,8-9,11-13,15,18,21-22H,2,6-7,10,14H2,1H3,(H2,29,30,31,33,34). The molecule has 2 N–H and O–H groups in total. The second-order valence-electron chi connectivity index (χ2n) is 8.96. The molecule has 35 heavy (non-hydrogen) atoms. The van der Waals surface area contributed by atoms with E-state index in [0.717, 1.165) is 32.2 Å². The molecule has 0 aliphatic carbocycles. The Morgan fingerprint density at radius 2 is 1.91 bits per heavy atom. The number of nitrogens with zero attached hydrogens (tertiary/aromatic N) is 3. The number of nitriles is 1. The molecule has 1 fully saturated rings. The summed E-state index contributed by atoms with van der Waals surface area (Å²) in [6.45, 7) is 2.93. The predicted molar refractivity (Wildman–Crippen MR) is 133 cm³/mol. The summed E-state index contributed by atoms with van der Waals surface area (Å²) in [5.74, 6) is -0.388. The smallest absolute Gasteiger partial charge is 0.258 e. The van der Waals surface area contributed by atoms with Gasteiger partial charge in [0.1, 0.15) is 23.2 Å². The predicted octanol–water partition coefficient (Wildman–Crippen LogP) is 4.55. The third-order valence-electron chi connectivity index (χ3n) is 6.82. The molecule has 178 valence electrons. The molecule has 3 unspecified atom stereocenters. The van der Waals surface area contributed by atoms with Gasteiger partial charge in [-0.05, 0) is 55.5 Å². The van der Waals surface area contributed by atoms with Gasteiger partial charge in [0.15, 0.2) is 0 Å². The molecule has 0 bridgehead atoms. The number of carbonyl (C=O) groups excluding carboxylic acids is 1. The molecule has 1 saturated heterocycles. The van der Waals surface area contributed by atoms with E-state index < -0.39 is 17.7 Å². The SMILES string of the molecule is CCC1CCCCN1c1nc2c(c(=O)[nH]1)C(c1cccc(Oc3ccccc3)c1)C(C#N)C(=O)N2. The highest BCUT2D eigenvalue weighted by Crippen LogP contribution is 2.40. The number of aromatic nitrogens is 2. The van der Waals surface area contributed by atoms with Gasteiger partial charge in [-0.15, -0.1) is 0 Å². The van der Waals surface area contributed by atoms with Gasteiger partial charge in [-0.2, -0.15) is 10.2 Å². The van der Waals surface area contributed by atoms with Gasteiger partial charge in [0.05, 0.1) is 11.6 Å². The van der Waals surface area contributed by atoms with Crippen LogP contribution in [0.4, 0.5) is 11.8 Å². The Labute approximate surface area is 203 Å². The van der Waals surface area contributed by atoms with Gasteiger partial charge in [0.2, 0.25) is 11.9 Å². The number of hydrogen-bond donors (Lipinski definition) is 2. The monoisotopic (exact) mass is 469 g/mol. The van der Waals surface area contributed by atoms with Crippen molar-refractivity contribution >= 4 is 17.7 Å². The minimum absolute atomic E-state index is 0.222. The lowest BCUT2D eigenvalue weighted by Crippen LogP contribution is -2.43. The highest BCUT2D eigenvalue weighted by atomic mass is 16.5. The maximum atomic E-state index is 13.4. The van der Waals surface area contributed by atoms with Crippen LogP contribution in [-0.2, 0) is 4.79 Å². The third-order valence-corrected chi connectivity index (χ3v) is 6.82. The van der Waals surface area contributed by atoms with Crippen molar-refractivity contribution in [2.24, 2.45) is 5.92 Å². The molecular formula is C27H27N5O3. The van der Waals surface area contributed by atoms with Crippen LogP contribution < -0.4 is 20.5 Å². The van der Waals surface area contributed by atoms with Crippen LogP contribution in [-0.4, -0.2) is 28.5 Å². The third kappa shape index (κ3) is 4.37. The molecule has 0 radical (unpaired) electrons. The fourth-order valence-corrected chi connectivity index (χ4v) is 5.10. The number of fused-ring (bicyclic) bond motifs is 1. The van der Waals surface area contributed by atoms with Gasteiger partial charge in [-0.1, -0.05) is 37.3 Å². The first-order chi connectivity index (χ1) is 17.1. The lowest BCUT2D eigenvalue weighted by atomic mass is 9.79. The van der Waals surface area contributed by atoms with E-state index in [0.29, 0.717) is 34.6 Å². The summed E-state index contributed by atoms with van der Waals surface area (Å²) in [4.78, 5) is 36.1.